The SMILES string of the molecule is CCCCCNC(C)CN1CCCC1=O. The summed E-state index contributed by atoms with van der Waals surface area (Å²) in [6, 6.07) is 0.434. The van der Waals surface area contributed by atoms with Crippen LogP contribution >= 0.6 is 0 Å². The standard InChI is InChI=1S/C12H24N2O/c1-3-4-5-8-13-11(2)10-14-9-6-7-12(14)15/h11,13H,3-10H2,1-2H3. The number of nitrogens with one attached hydrogen (secondary N) is 1. The van der Waals surface area contributed by atoms with Crippen molar-refractivity contribution in [1.29, 1.82) is 0 Å². The van der Waals surface area contributed by atoms with E-state index in [-0.39, 0.29) is 0 Å². The fourth-order valence-electron chi connectivity index (χ4n) is 2.02. The Hall–Kier alpha value is -0.570. The van der Waals surface area contributed by atoms with E-state index < -0.39 is 0 Å². The van der Waals surface area contributed by atoms with Gasteiger partial charge in [-0.2, -0.15) is 0 Å². The van der Waals surface area contributed by atoms with Gasteiger partial charge in [-0.25, -0.2) is 0 Å². The molecule has 15 heavy (non-hydrogen) atoms. The van der Waals surface area contributed by atoms with E-state index in [1.807, 2.05) is 4.90 Å². The van der Waals surface area contributed by atoms with Crippen LogP contribution in [0.4, 0.5) is 0 Å². The Morgan fingerprint density at radius 3 is 2.87 bits per heavy atom. The lowest BCUT2D eigenvalue weighted by molar-refractivity contribution is -0.127. The van der Waals surface area contributed by atoms with Crippen LogP contribution < -0.4 is 5.32 Å². The topological polar surface area (TPSA) is 32.3 Å². The van der Waals surface area contributed by atoms with E-state index in [2.05, 4.69) is 19.2 Å². The van der Waals surface area contributed by atoms with Crippen LogP contribution in [0.1, 0.15) is 46.0 Å². The van der Waals surface area contributed by atoms with Gasteiger partial charge in [0.1, 0.15) is 0 Å². The molecular weight excluding hydrogens is 188 g/mol. The molecule has 1 amide bonds. The normalized spacial score (nSPS) is 18.5. The quantitative estimate of drug-likeness (QED) is 0.652. The summed E-state index contributed by atoms with van der Waals surface area (Å²) in [7, 11) is 0. The van der Waals surface area contributed by atoms with Crippen molar-refractivity contribution in [3.8, 4) is 0 Å². The number of carbonyl (C=O) groups is 1. The van der Waals surface area contributed by atoms with Crippen LogP contribution in [0, 0.1) is 0 Å². The number of hydrogen-bond donors (Lipinski definition) is 1. The molecule has 1 saturated heterocycles. The van der Waals surface area contributed by atoms with Gasteiger partial charge in [0.05, 0.1) is 0 Å². The van der Waals surface area contributed by atoms with Crippen molar-refractivity contribution < 1.29 is 4.79 Å². The van der Waals surface area contributed by atoms with Crippen molar-refractivity contribution in [2.45, 2.75) is 52.0 Å². The van der Waals surface area contributed by atoms with E-state index in [9.17, 15) is 4.79 Å². The summed E-state index contributed by atoms with van der Waals surface area (Å²) in [4.78, 5) is 13.4. The van der Waals surface area contributed by atoms with Crippen molar-refractivity contribution >= 4 is 5.91 Å². The highest BCUT2D eigenvalue weighted by molar-refractivity contribution is 5.78. The lowest BCUT2D eigenvalue weighted by Crippen LogP contribution is -2.40. The van der Waals surface area contributed by atoms with Gasteiger partial charge in [-0.3, -0.25) is 4.79 Å². The van der Waals surface area contributed by atoms with E-state index >= 15 is 0 Å². The first-order chi connectivity index (χ1) is 7.24. The van der Waals surface area contributed by atoms with Gasteiger partial charge in [0.25, 0.3) is 0 Å². The summed E-state index contributed by atoms with van der Waals surface area (Å²) < 4.78 is 0. The third-order valence-electron chi connectivity index (χ3n) is 2.94. The highest BCUT2D eigenvalue weighted by Crippen LogP contribution is 2.09. The van der Waals surface area contributed by atoms with E-state index in [0.29, 0.717) is 11.9 Å². The summed E-state index contributed by atoms with van der Waals surface area (Å²) >= 11 is 0. The molecule has 88 valence electrons. The molecule has 1 unspecified atom stereocenters. The predicted molar refractivity (Wildman–Crippen MR) is 62.8 cm³/mol. The molecule has 1 fully saturated rings. The molecule has 1 aliphatic rings. The van der Waals surface area contributed by atoms with Gasteiger partial charge in [-0.15, -0.1) is 0 Å². The van der Waals surface area contributed by atoms with E-state index in [4.69, 9.17) is 0 Å². The van der Waals surface area contributed by atoms with Gasteiger partial charge in [-0.1, -0.05) is 19.8 Å². The van der Waals surface area contributed by atoms with Crippen molar-refractivity contribution in [3.05, 3.63) is 0 Å². The first-order valence-electron chi connectivity index (χ1n) is 6.25. The van der Waals surface area contributed by atoms with Crippen LogP contribution in [0.3, 0.4) is 0 Å². The van der Waals surface area contributed by atoms with Gasteiger partial charge < -0.3 is 10.2 Å². The summed E-state index contributed by atoms with van der Waals surface area (Å²) in [5.74, 6) is 0.331. The molecule has 3 heteroatoms. The number of carbonyl (C=O) groups excluding carboxylic acids is 1. The smallest absolute Gasteiger partial charge is 0.222 e. The van der Waals surface area contributed by atoms with Gasteiger partial charge >= 0.3 is 0 Å². The van der Waals surface area contributed by atoms with Crippen LogP contribution in [0.25, 0.3) is 0 Å². The minimum absolute atomic E-state index is 0.331. The molecule has 1 rings (SSSR count). The Labute approximate surface area is 93.2 Å². The molecule has 3 nitrogen and oxygen atoms in total. The number of likely N-dealkylation sites (tertiary alicyclic amines) is 1. The average Bonchev–Trinajstić information content (AvgIpc) is 2.59. The number of rotatable bonds is 7. The molecule has 0 spiro atoms. The second-order valence-electron chi connectivity index (χ2n) is 4.51. The first-order valence-corrected chi connectivity index (χ1v) is 6.25. The summed E-state index contributed by atoms with van der Waals surface area (Å²) in [5.41, 5.74) is 0. The van der Waals surface area contributed by atoms with E-state index in [1.54, 1.807) is 0 Å². The lowest BCUT2D eigenvalue weighted by Gasteiger charge is -2.21. The van der Waals surface area contributed by atoms with Gasteiger partial charge in [0.15, 0.2) is 0 Å². The Kier molecular flexibility index (Phi) is 5.69. The maximum atomic E-state index is 11.4. The highest BCUT2D eigenvalue weighted by atomic mass is 16.2. The Bertz CT molecular complexity index is 194. The first kappa shape index (κ1) is 12.5. The summed E-state index contributed by atoms with van der Waals surface area (Å²) in [6.45, 7) is 7.30. The van der Waals surface area contributed by atoms with Gasteiger partial charge in [0, 0.05) is 25.6 Å². The molecule has 0 aromatic carbocycles. The molecule has 1 aliphatic heterocycles. The lowest BCUT2D eigenvalue weighted by atomic mass is 10.2. The molecule has 0 bridgehead atoms. The van der Waals surface area contributed by atoms with Crippen molar-refractivity contribution in [1.82, 2.24) is 10.2 Å². The van der Waals surface area contributed by atoms with Gasteiger partial charge in [0.2, 0.25) is 5.91 Å². The Balaban J connectivity index is 2.07. The maximum Gasteiger partial charge on any atom is 0.222 e. The summed E-state index contributed by atoms with van der Waals surface area (Å²) in [5, 5.41) is 3.47. The second kappa shape index (κ2) is 6.83. The molecule has 1 heterocycles. The fraction of sp³-hybridized carbons (Fsp3) is 0.917. The van der Waals surface area contributed by atoms with Gasteiger partial charge in [-0.05, 0) is 26.3 Å². The van der Waals surface area contributed by atoms with Crippen molar-refractivity contribution in [2.75, 3.05) is 19.6 Å². The molecule has 0 radical (unpaired) electrons. The third kappa shape index (κ3) is 4.65. The zero-order chi connectivity index (χ0) is 11.1. The second-order valence-corrected chi connectivity index (χ2v) is 4.51. The van der Waals surface area contributed by atoms with E-state index in [0.717, 1.165) is 32.5 Å². The fourth-order valence-corrected chi connectivity index (χ4v) is 2.02. The molecular formula is C12H24N2O. The third-order valence-corrected chi connectivity index (χ3v) is 2.94. The molecule has 0 aliphatic carbocycles. The number of nitrogens with zero attached hydrogens (tertiary/aromatic N) is 1. The molecule has 0 aromatic heterocycles. The Morgan fingerprint density at radius 2 is 2.27 bits per heavy atom. The molecule has 1 atom stereocenters. The number of unbranched alkanes of at least 4 members (excludes halogenated alkanes) is 2. The van der Waals surface area contributed by atoms with Crippen LogP contribution in [0.15, 0.2) is 0 Å². The molecule has 1 N–H and O–H groups in total. The number of hydrogen-bond acceptors (Lipinski definition) is 2. The van der Waals surface area contributed by atoms with E-state index in [1.165, 1.54) is 19.3 Å². The predicted octanol–water partition coefficient (Wildman–Crippen LogP) is 1.78. The minimum atomic E-state index is 0.331. The highest BCUT2D eigenvalue weighted by Gasteiger charge is 2.21. The zero-order valence-electron chi connectivity index (χ0n) is 10.1. The molecule has 0 aromatic rings. The van der Waals surface area contributed by atoms with Crippen LogP contribution in [0.5, 0.6) is 0 Å². The van der Waals surface area contributed by atoms with Crippen molar-refractivity contribution in [3.63, 3.8) is 0 Å². The molecule has 0 saturated carbocycles. The van der Waals surface area contributed by atoms with Crippen LogP contribution in [-0.4, -0.2) is 36.5 Å². The minimum Gasteiger partial charge on any atom is -0.341 e. The summed E-state index contributed by atoms with van der Waals surface area (Å²) in [6.07, 6.45) is 5.60. The number of amides is 1. The average molecular weight is 212 g/mol. The van der Waals surface area contributed by atoms with Crippen LogP contribution in [-0.2, 0) is 4.79 Å². The monoisotopic (exact) mass is 212 g/mol. The zero-order valence-corrected chi connectivity index (χ0v) is 10.1. The largest absolute Gasteiger partial charge is 0.341 e. The van der Waals surface area contributed by atoms with Crippen LogP contribution in [0.2, 0.25) is 0 Å². The maximum absolute atomic E-state index is 11.4. The van der Waals surface area contributed by atoms with Crippen molar-refractivity contribution in [2.24, 2.45) is 0 Å². The Morgan fingerprint density at radius 1 is 1.47 bits per heavy atom.